The van der Waals surface area contributed by atoms with Crippen LogP contribution in [-0.4, -0.2) is 22.5 Å². The predicted molar refractivity (Wildman–Crippen MR) is 70.6 cm³/mol. The Morgan fingerprint density at radius 2 is 2.32 bits per heavy atom. The molecule has 0 aliphatic rings. The standard InChI is InChI=1S/C13H12N2O4/c1-2-19-13(16)6-3-9-8-14-12-5-4-10(15(17)18)7-11(9)12/h3-8,14H,2H2,1H3. The van der Waals surface area contributed by atoms with E-state index in [4.69, 9.17) is 4.74 Å². The number of non-ortho nitro benzene ring substituents is 1. The molecule has 0 spiro atoms. The molecule has 6 heteroatoms. The maximum Gasteiger partial charge on any atom is 0.330 e. The van der Waals surface area contributed by atoms with Gasteiger partial charge in [-0.2, -0.15) is 0 Å². The minimum Gasteiger partial charge on any atom is -0.463 e. The number of esters is 1. The van der Waals surface area contributed by atoms with Crippen molar-refractivity contribution in [2.45, 2.75) is 6.92 Å². The van der Waals surface area contributed by atoms with Crippen LogP contribution in [0.1, 0.15) is 12.5 Å². The molecule has 2 rings (SSSR count). The average molecular weight is 260 g/mol. The number of ether oxygens (including phenoxy) is 1. The largest absolute Gasteiger partial charge is 0.463 e. The number of H-pyrrole nitrogens is 1. The number of fused-ring (bicyclic) bond motifs is 1. The van der Waals surface area contributed by atoms with Crippen LogP contribution in [-0.2, 0) is 9.53 Å². The highest BCUT2D eigenvalue weighted by atomic mass is 16.6. The molecule has 1 heterocycles. The van der Waals surface area contributed by atoms with E-state index in [-0.39, 0.29) is 5.69 Å². The highest BCUT2D eigenvalue weighted by Gasteiger charge is 2.09. The zero-order valence-electron chi connectivity index (χ0n) is 10.3. The van der Waals surface area contributed by atoms with Crippen molar-refractivity contribution in [1.82, 2.24) is 4.98 Å². The lowest BCUT2D eigenvalue weighted by molar-refractivity contribution is -0.384. The number of nitro groups is 1. The van der Waals surface area contributed by atoms with E-state index in [2.05, 4.69) is 4.98 Å². The molecule has 2 aromatic rings. The van der Waals surface area contributed by atoms with E-state index in [1.807, 2.05) is 0 Å². The van der Waals surface area contributed by atoms with Crippen LogP contribution in [0.25, 0.3) is 17.0 Å². The van der Waals surface area contributed by atoms with Gasteiger partial charge in [0, 0.05) is 40.9 Å². The van der Waals surface area contributed by atoms with Gasteiger partial charge in [-0.15, -0.1) is 0 Å². The maximum absolute atomic E-state index is 11.2. The van der Waals surface area contributed by atoms with Gasteiger partial charge in [0.25, 0.3) is 5.69 Å². The van der Waals surface area contributed by atoms with Gasteiger partial charge >= 0.3 is 5.97 Å². The van der Waals surface area contributed by atoms with Crippen molar-refractivity contribution in [1.29, 1.82) is 0 Å². The van der Waals surface area contributed by atoms with Gasteiger partial charge in [0.1, 0.15) is 0 Å². The molecule has 0 unspecified atom stereocenters. The Kier molecular flexibility index (Phi) is 3.61. The maximum atomic E-state index is 11.2. The van der Waals surface area contributed by atoms with Crippen molar-refractivity contribution in [3.05, 3.63) is 46.1 Å². The molecular formula is C13H12N2O4. The number of carbonyl (C=O) groups is 1. The lowest BCUT2D eigenvalue weighted by Gasteiger charge is -1.95. The molecule has 0 radical (unpaired) electrons. The van der Waals surface area contributed by atoms with Crippen molar-refractivity contribution < 1.29 is 14.5 Å². The number of rotatable bonds is 4. The summed E-state index contributed by atoms with van der Waals surface area (Å²) < 4.78 is 4.77. The molecule has 0 amide bonds. The lowest BCUT2D eigenvalue weighted by Crippen LogP contribution is -1.98. The van der Waals surface area contributed by atoms with Crippen LogP contribution < -0.4 is 0 Å². The van der Waals surface area contributed by atoms with Gasteiger partial charge in [0.2, 0.25) is 0 Å². The Labute approximate surface area is 108 Å². The van der Waals surface area contributed by atoms with E-state index >= 15 is 0 Å². The number of nitro benzene ring substituents is 1. The molecule has 0 atom stereocenters. The van der Waals surface area contributed by atoms with E-state index in [1.165, 1.54) is 18.2 Å². The first kappa shape index (κ1) is 12.8. The average Bonchev–Trinajstić information content (AvgIpc) is 2.79. The van der Waals surface area contributed by atoms with Crippen LogP contribution in [0.15, 0.2) is 30.5 Å². The number of benzene rings is 1. The predicted octanol–water partition coefficient (Wildman–Crippen LogP) is 2.65. The van der Waals surface area contributed by atoms with Crippen molar-refractivity contribution in [2.24, 2.45) is 0 Å². The molecular weight excluding hydrogens is 248 g/mol. The van der Waals surface area contributed by atoms with Crippen molar-refractivity contribution in [3.63, 3.8) is 0 Å². The number of aromatic nitrogens is 1. The lowest BCUT2D eigenvalue weighted by atomic mass is 10.1. The Morgan fingerprint density at radius 3 is 3.00 bits per heavy atom. The molecule has 1 aromatic heterocycles. The number of hydrogen-bond acceptors (Lipinski definition) is 4. The van der Waals surface area contributed by atoms with Gasteiger partial charge in [0.05, 0.1) is 11.5 Å². The first-order chi connectivity index (χ1) is 9.11. The van der Waals surface area contributed by atoms with Gasteiger partial charge in [-0.25, -0.2) is 4.79 Å². The molecule has 6 nitrogen and oxygen atoms in total. The van der Waals surface area contributed by atoms with Crippen LogP contribution in [0.3, 0.4) is 0 Å². The normalized spacial score (nSPS) is 11.0. The van der Waals surface area contributed by atoms with Crippen molar-refractivity contribution >= 4 is 28.6 Å². The zero-order chi connectivity index (χ0) is 13.8. The van der Waals surface area contributed by atoms with Gasteiger partial charge in [0.15, 0.2) is 0 Å². The summed E-state index contributed by atoms with van der Waals surface area (Å²) in [7, 11) is 0. The second-order valence-electron chi connectivity index (χ2n) is 3.82. The molecule has 0 saturated carbocycles. The van der Waals surface area contributed by atoms with Gasteiger partial charge in [-0.1, -0.05) is 0 Å². The smallest absolute Gasteiger partial charge is 0.330 e. The molecule has 1 aromatic carbocycles. The SMILES string of the molecule is CCOC(=O)C=Cc1c[nH]c2ccc([N+](=O)[O-])cc12. The zero-order valence-corrected chi connectivity index (χ0v) is 10.3. The minimum atomic E-state index is -0.453. The molecule has 0 fully saturated rings. The monoisotopic (exact) mass is 260 g/mol. The fourth-order valence-corrected chi connectivity index (χ4v) is 1.73. The van der Waals surface area contributed by atoms with E-state index < -0.39 is 10.9 Å². The number of nitrogens with zero attached hydrogens (tertiary/aromatic N) is 1. The molecule has 19 heavy (non-hydrogen) atoms. The summed E-state index contributed by atoms with van der Waals surface area (Å²) in [6.45, 7) is 2.03. The van der Waals surface area contributed by atoms with Crippen molar-refractivity contribution in [2.75, 3.05) is 6.61 Å². The first-order valence-corrected chi connectivity index (χ1v) is 5.72. The van der Waals surface area contributed by atoms with Gasteiger partial charge < -0.3 is 9.72 Å². The molecule has 98 valence electrons. The van der Waals surface area contributed by atoms with Crippen LogP contribution in [0.5, 0.6) is 0 Å². The van der Waals surface area contributed by atoms with E-state index in [0.717, 1.165) is 5.52 Å². The Hall–Kier alpha value is -2.63. The third kappa shape index (κ3) is 2.79. The Balaban J connectivity index is 2.36. The van der Waals surface area contributed by atoms with Gasteiger partial charge in [-0.3, -0.25) is 10.1 Å². The first-order valence-electron chi connectivity index (χ1n) is 5.72. The minimum absolute atomic E-state index is 0.0119. The summed E-state index contributed by atoms with van der Waals surface area (Å²) in [6, 6.07) is 4.53. The highest BCUT2D eigenvalue weighted by Crippen LogP contribution is 2.24. The van der Waals surface area contributed by atoms with E-state index in [9.17, 15) is 14.9 Å². The summed E-state index contributed by atoms with van der Waals surface area (Å²) in [5, 5.41) is 11.4. The fraction of sp³-hybridized carbons (Fsp3) is 0.154. The van der Waals surface area contributed by atoms with Gasteiger partial charge in [-0.05, 0) is 19.1 Å². The topological polar surface area (TPSA) is 85.2 Å². The van der Waals surface area contributed by atoms with Crippen LogP contribution in [0.2, 0.25) is 0 Å². The number of nitrogens with one attached hydrogen (secondary N) is 1. The van der Waals surface area contributed by atoms with Crippen LogP contribution >= 0.6 is 0 Å². The second-order valence-corrected chi connectivity index (χ2v) is 3.82. The number of carbonyl (C=O) groups excluding carboxylic acids is 1. The molecule has 0 aliphatic heterocycles. The fourth-order valence-electron chi connectivity index (χ4n) is 1.73. The second kappa shape index (κ2) is 5.34. The summed E-state index contributed by atoms with van der Waals surface area (Å²) in [5.74, 6) is -0.442. The third-order valence-corrected chi connectivity index (χ3v) is 2.59. The Bertz CT molecular complexity index is 658. The molecule has 0 aliphatic carbocycles. The molecule has 0 saturated heterocycles. The Morgan fingerprint density at radius 1 is 1.53 bits per heavy atom. The number of aromatic amines is 1. The highest BCUT2D eigenvalue weighted by molar-refractivity contribution is 5.94. The van der Waals surface area contributed by atoms with Crippen molar-refractivity contribution in [3.8, 4) is 0 Å². The third-order valence-electron chi connectivity index (χ3n) is 2.59. The van der Waals surface area contributed by atoms with Crippen LogP contribution in [0, 0.1) is 10.1 Å². The van der Waals surface area contributed by atoms with E-state index in [1.54, 1.807) is 25.3 Å². The summed E-state index contributed by atoms with van der Waals surface area (Å²) in [6.07, 6.45) is 4.55. The molecule has 1 N–H and O–H groups in total. The molecule has 0 bridgehead atoms. The summed E-state index contributed by atoms with van der Waals surface area (Å²) in [4.78, 5) is 24.5. The quantitative estimate of drug-likeness (QED) is 0.396. The van der Waals surface area contributed by atoms with E-state index in [0.29, 0.717) is 17.6 Å². The van der Waals surface area contributed by atoms with Crippen LogP contribution in [0.4, 0.5) is 5.69 Å². The summed E-state index contributed by atoms with van der Waals surface area (Å²) in [5.41, 5.74) is 1.48. The number of hydrogen-bond donors (Lipinski definition) is 1. The summed E-state index contributed by atoms with van der Waals surface area (Å²) >= 11 is 0.